The molecule has 10 heteroatoms. The first-order valence-electron chi connectivity index (χ1n) is 10.0. The minimum atomic E-state index is -4.55. The van der Waals surface area contributed by atoms with Crippen molar-refractivity contribution in [2.75, 3.05) is 14.2 Å². The van der Waals surface area contributed by atoms with Crippen molar-refractivity contribution < 1.29 is 38.2 Å². The molecule has 1 unspecified atom stereocenters. The van der Waals surface area contributed by atoms with Crippen LogP contribution in [0.4, 0.5) is 0 Å². The summed E-state index contributed by atoms with van der Waals surface area (Å²) in [5, 5.41) is 19.5. The molecule has 0 heterocycles. The minimum Gasteiger partial charge on any atom is -0.496 e. The molecule has 1 atom stereocenters. The molecule has 0 saturated carbocycles. The summed E-state index contributed by atoms with van der Waals surface area (Å²) in [6, 6.07) is 14.3. The van der Waals surface area contributed by atoms with Gasteiger partial charge in [0.15, 0.2) is 11.5 Å². The number of ether oxygens (including phenoxy) is 2. The largest absolute Gasteiger partial charge is 0.585 e. The van der Waals surface area contributed by atoms with Gasteiger partial charge in [0.25, 0.3) is 0 Å². The van der Waals surface area contributed by atoms with Crippen molar-refractivity contribution in [1.82, 2.24) is 0 Å². The van der Waals surface area contributed by atoms with E-state index in [0.29, 0.717) is 33.0 Å². The second-order valence-electron chi connectivity index (χ2n) is 7.03. The molecule has 180 valence electrons. The van der Waals surface area contributed by atoms with Crippen LogP contribution >= 0.6 is 19.4 Å². The number of hydrogen-bond donors (Lipinski definition) is 3. The van der Waals surface area contributed by atoms with E-state index in [1.165, 1.54) is 32.4 Å². The number of halogens is 1. The van der Waals surface area contributed by atoms with E-state index in [9.17, 15) is 19.7 Å². The van der Waals surface area contributed by atoms with Gasteiger partial charge in [0.2, 0.25) is 0 Å². The van der Waals surface area contributed by atoms with Crippen molar-refractivity contribution in [3.05, 3.63) is 81.9 Å². The van der Waals surface area contributed by atoms with Crippen molar-refractivity contribution in [2.45, 2.75) is 13.2 Å². The van der Waals surface area contributed by atoms with Crippen LogP contribution < -0.4 is 18.5 Å². The zero-order chi connectivity index (χ0) is 24.7. The third-order valence-corrected chi connectivity index (χ3v) is 5.86. The highest BCUT2D eigenvalue weighted by molar-refractivity contribution is 7.48. The molecule has 0 aliphatic rings. The van der Waals surface area contributed by atoms with Gasteiger partial charge in [-0.3, -0.25) is 4.89 Å². The van der Waals surface area contributed by atoms with Crippen molar-refractivity contribution in [3.8, 4) is 23.0 Å². The first kappa shape index (κ1) is 25.6. The fourth-order valence-corrected chi connectivity index (χ4v) is 4.18. The third kappa shape index (κ3) is 6.53. The minimum absolute atomic E-state index is 0.00164. The Labute approximate surface area is 202 Å². The Balaban J connectivity index is 1.86. The molecule has 0 radical (unpaired) electrons. The molecule has 3 N–H and O–H groups in total. The van der Waals surface area contributed by atoms with Crippen LogP contribution in [0, 0.1) is 0 Å². The lowest BCUT2D eigenvalue weighted by Gasteiger charge is -2.16. The summed E-state index contributed by atoms with van der Waals surface area (Å²) in [5.74, 6) is 0.763. The van der Waals surface area contributed by atoms with Crippen LogP contribution in [0.15, 0.2) is 54.6 Å². The summed E-state index contributed by atoms with van der Waals surface area (Å²) in [5.41, 5.74) is 2.41. The smallest absolute Gasteiger partial charge is 0.496 e. The first-order chi connectivity index (χ1) is 16.3. The SMILES string of the molecule is COc1ccc(C=Cc2cc(CO)c(CO)c(OC)c2)cc1OP(=O)(O)Oc1cccc(Cl)c1. The van der Waals surface area contributed by atoms with Crippen molar-refractivity contribution in [3.63, 3.8) is 0 Å². The fraction of sp³-hybridized carbons (Fsp3) is 0.167. The van der Waals surface area contributed by atoms with E-state index < -0.39 is 7.82 Å². The van der Waals surface area contributed by atoms with Crippen LogP contribution in [0.25, 0.3) is 12.2 Å². The number of benzene rings is 3. The van der Waals surface area contributed by atoms with E-state index >= 15 is 0 Å². The van der Waals surface area contributed by atoms with Crippen LogP contribution in [0.5, 0.6) is 23.0 Å². The Morgan fingerprint density at radius 1 is 0.853 bits per heavy atom. The van der Waals surface area contributed by atoms with Crippen LogP contribution in [-0.2, 0) is 17.8 Å². The Hall–Kier alpha value is -3.00. The predicted molar refractivity (Wildman–Crippen MR) is 129 cm³/mol. The summed E-state index contributed by atoms with van der Waals surface area (Å²) in [6.45, 7) is -0.520. The summed E-state index contributed by atoms with van der Waals surface area (Å²) in [4.78, 5) is 10.2. The van der Waals surface area contributed by atoms with Crippen molar-refractivity contribution >= 4 is 31.6 Å². The summed E-state index contributed by atoms with van der Waals surface area (Å²) < 4.78 is 33.5. The van der Waals surface area contributed by atoms with Gasteiger partial charge in [-0.15, -0.1) is 0 Å². The second-order valence-corrected chi connectivity index (χ2v) is 8.77. The molecule has 0 aliphatic carbocycles. The molecule has 0 saturated heterocycles. The van der Waals surface area contributed by atoms with E-state index in [1.807, 2.05) is 0 Å². The standard InChI is InChI=1S/C24H24ClO8P/c1-30-22-9-8-16(6-7-17-10-18(14-26)21(15-27)23(12-17)31-2)11-24(22)33-34(28,29)32-20-5-3-4-19(25)13-20/h3-13,26-27H,14-15H2,1-2H3,(H,28,29). The van der Waals surface area contributed by atoms with E-state index in [4.69, 9.17) is 30.1 Å². The molecule has 3 rings (SSSR count). The molecule has 0 aliphatic heterocycles. The Morgan fingerprint density at radius 3 is 2.21 bits per heavy atom. The van der Waals surface area contributed by atoms with E-state index in [1.54, 1.807) is 48.6 Å². The van der Waals surface area contributed by atoms with E-state index in [2.05, 4.69) is 0 Å². The number of aliphatic hydroxyl groups excluding tert-OH is 2. The molecule has 34 heavy (non-hydrogen) atoms. The van der Waals surface area contributed by atoms with Gasteiger partial charge in [-0.2, -0.15) is 0 Å². The molecule has 3 aromatic carbocycles. The van der Waals surface area contributed by atoms with E-state index in [-0.39, 0.29) is 30.5 Å². The molecule has 0 fully saturated rings. The third-order valence-electron chi connectivity index (χ3n) is 4.76. The van der Waals surface area contributed by atoms with Gasteiger partial charge >= 0.3 is 7.82 Å². The number of aliphatic hydroxyl groups is 2. The van der Waals surface area contributed by atoms with Gasteiger partial charge in [-0.25, -0.2) is 4.57 Å². The lowest BCUT2D eigenvalue weighted by Crippen LogP contribution is -2.01. The first-order valence-corrected chi connectivity index (χ1v) is 11.9. The molecular formula is C24H24ClO8P. The predicted octanol–water partition coefficient (Wildman–Crippen LogP) is 5.07. The van der Waals surface area contributed by atoms with Gasteiger partial charge < -0.3 is 28.7 Å². The summed E-state index contributed by atoms with van der Waals surface area (Å²) in [7, 11) is -1.67. The summed E-state index contributed by atoms with van der Waals surface area (Å²) in [6.07, 6.45) is 3.50. The number of phosphoric acid groups is 1. The topological polar surface area (TPSA) is 115 Å². The zero-order valence-corrected chi connectivity index (χ0v) is 20.1. The zero-order valence-electron chi connectivity index (χ0n) is 18.5. The van der Waals surface area contributed by atoms with E-state index in [0.717, 1.165) is 0 Å². The number of rotatable bonds is 10. The monoisotopic (exact) mass is 506 g/mol. The molecule has 0 aromatic heterocycles. The lowest BCUT2D eigenvalue weighted by molar-refractivity contribution is 0.254. The maximum atomic E-state index is 12.6. The maximum absolute atomic E-state index is 12.6. The Kier molecular flexibility index (Phi) is 8.61. The fourth-order valence-electron chi connectivity index (χ4n) is 3.19. The van der Waals surface area contributed by atoms with Crippen molar-refractivity contribution in [1.29, 1.82) is 0 Å². The van der Waals surface area contributed by atoms with Crippen LogP contribution in [0.2, 0.25) is 5.02 Å². The van der Waals surface area contributed by atoms with Crippen LogP contribution in [0.1, 0.15) is 22.3 Å². The number of methoxy groups -OCH3 is 2. The number of phosphoric ester groups is 1. The highest BCUT2D eigenvalue weighted by Crippen LogP contribution is 2.47. The van der Waals surface area contributed by atoms with Gasteiger partial charge in [0, 0.05) is 10.6 Å². The van der Waals surface area contributed by atoms with Gasteiger partial charge in [-0.05, 0) is 59.2 Å². The average Bonchev–Trinajstić information content (AvgIpc) is 2.81. The highest BCUT2D eigenvalue weighted by Gasteiger charge is 2.27. The normalized spacial score (nSPS) is 12.9. The number of hydrogen-bond acceptors (Lipinski definition) is 7. The lowest BCUT2D eigenvalue weighted by atomic mass is 10.0. The molecule has 0 bridgehead atoms. The maximum Gasteiger partial charge on any atom is 0.585 e. The molecule has 0 spiro atoms. The van der Waals surface area contributed by atoms with Gasteiger partial charge in [0.05, 0.1) is 27.4 Å². The molecular weight excluding hydrogens is 483 g/mol. The molecule has 8 nitrogen and oxygen atoms in total. The molecule has 3 aromatic rings. The Bertz CT molecular complexity index is 1200. The quantitative estimate of drug-likeness (QED) is 0.258. The van der Waals surface area contributed by atoms with Crippen LogP contribution in [-0.4, -0.2) is 29.3 Å². The second kappa shape index (κ2) is 11.4. The average molecular weight is 507 g/mol. The summed E-state index contributed by atoms with van der Waals surface area (Å²) >= 11 is 5.89. The van der Waals surface area contributed by atoms with Crippen molar-refractivity contribution in [2.24, 2.45) is 0 Å². The van der Waals surface area contributed by atoms with Crippen LogP contribution in [0.3, 0.4) is 0 Å². The van der Waals surface area contributed by atoms with Gasteiger partial charge in [-0.1, -0.05) is 35.9 Å². The molecule has 0 amide bonds. The van der Waals surface area contributed by atoms with Gasteiger partial charge in [0.1, 0.15) is 11.5 Å². The Morgan fingerprint density at radius 2 is 1.56 bits per heavy atom. The highest BCUT2D eigenvalue weighted by atomic mass is 35.5.